The van der Waals surface area contributed by atoms with Crippen LogP contribution in [0, 0.1) is 11.3 Å². The maximum Gasteiger partial charge on any atom is 0.341 e. The highest BCUT2D eigenvalue weighted by molar-refractivity contribution is 6.39. The van der Waals surface area contributed by atoms with Gasteiger partial charge in [0.15, 0.2) is 0 Å². The van der Waals surface area contributed by atoms with Gasteiger partial charge in [0.25, 0.3) is 12.3 Å². The van der Waals surface area contributed by atoms with Crippen molar-refractivity contribution in [1.82, 2.24) is 39.6 Å². The minimum Gasteiger partial charge on any atom is -0.503 e. The van der Waals surface area contributed by atoms with Crippen LogP contribution < -0.4 is 14.2 Å². The molecule has 0 N–H and O–H groups in total. The molecule has 432 valence electrons. The van der Waals surface area contributed by atoms with Crippen molar-refractivity contribution < 1.29 is 56.4 Å². The number of aryl methyl sites for hydroxylation is 1. The molecule has 0 saturated carbocycles. The van der Waals surface area contributed by atoms with E-state index in [1.165, 1.54) is 71.7 Å². The highest BCUT2D eigenvalue weighted by atomic mass is 35.5. The quantitative estimate of drug-likeness (QED) is 0.0338. The molecule has 3 atom stereocenters. The van der Waals surface area contributed by atoms with Gasteiger partial charge in [0.1, 0.15) is 65.9 Å². The van der Waals surface area contributed by atoms with E-state index in [-0.39, 0.29) is 35.4 Å². The Morgan fingerprint density at radius 3 is 2.10 bits per heavy atom. The monoisotopic (exact) mass is 1230 g/mol. The number of nitrogens with zero attached hydrogens (tertiary/aromatic N) is 9. The molecule has 0 aliphatic carbocycles. The van der Waals surface area contributed by atoms with Crippen LogP contribution in [-0.2, 0) is 54.4 Å². The Kier molecular flexibility index (Phi) is 22.2. The molecule has 3 aromatic heterocycles. The first-order valence-corrected chi connectivity index (χ1v) is 26.5. The molecular weight excluding hydrogens is 1190 g/mol. The standard InChI is InChI=1S/C22H17N3O5.C19H17Cl2N3O3.C16H16Cl3F2N3O2/c1-27-13-17(22(26)28-2)16-8-4-6-10-19(16)30-21-11-20(24-14-25-21)29-18-9-5-3-7-15(18)12-23;1-13-9-25-19(27-13,10-24-12-22-11-23-24)17-7-6-16(8-18(17)21)26-15-4-2-14(20)3-5-15;1-8(4-10-12(18)5-9(17)6-13(10)19)24(26-3)16(25)11-7-23(2)22-14(11)15(20)21/h3-11,13-14H,1-2H3;2-8,11-13H,9-10H2,1H3;5-8,15H,4H2,1-3H3/b17-13+;;. The van der Waals surface area contributed by atoms with Gasteiger partial charge in [-0.25, -0.2) is 38.3 Å². The zero-order chi connectivity index (χ0) is 59.8. The SMILES string of the molecule is CC1COC(Cn2cncn2)(c2ccc(Oc3ccc(Cl)cc3)cc2Cl)O1.CO/C=C(/C(=O)OC)c1ccccc1Oc1cc(Oc2ccccc2C#N)ncn1.CON(C(=O)c1cn(C)nc1C(F)F)C(C)Cc1c(Cl)cc(Cl)cc1Cl. The van der Waals surface area contributed by atoms with E-state index < -0.39 is 35.8 Å². The summed E-state index contributed by atoms with van der Waals surface area (Å²) >= 11 is 30.7. The highest BCUT2D eigenvalue weighted by Crippen LogP contribution is 2.42. The number of carbonyl (C=O) groups excluding carboxylic acids is 2. The first kappa shape index (κ1) is 62.7. The van der Waals surface area contributed by atoms with Crippen molar-refractivity contribution >= 4 is 75.5 Å². The van der Waals surface area contributed by atoms with Gasteiger partial charge in [0.2, 0.25) is 17.5 Å². The van der Waals surface area contributed by atoms with Crippen LogP contribution in [0.15, 0.2) is 141 Å². The number of hydrogen-bond donors (Lipinski definition) is 0. The Morgan fingerprint density at radius 1 is 0.831 bits per heavy atom. The summed E-state index contributed by atoms with van der Waals surface area (Å²) in [5, 5.41) is 20.2. The molecule has 26 heteroatoms. The fraction of sp³-hybridized carbons (Fsp3) is 0.228. The summed E-state index contributed by atoms with van der Waals surface area (Å²) in [6, 6.07) is 32.3. The fourth-order valence-electron chi connectivity index (χ4n) is 8.08. The summed E-state index contributed by atoms with van der Waals surface area (Å²) in [6.45, 7) is 4.44. The van der Waals surface area contributed by atoms with E-state index in [4.69, 9.17) is 96.0 Å². The number of amides is 1. The van der Waals surface area contributed by atoms with E-state index in [2.05, 4.69) is 31.2 Å². The molecular formula is C57H50Cl5F2N9O10. The Bertz CT molecular complexity index is 3570. The number of ether oxygens (including phenoxy) is 7. The van der Waals surface area contributed by atoms with Gasteiger partial charge in [-0.2, -0.15) is 15.5 Å². The van der Waals surface area contributed by atoms with Gasteiger partial charge in [-0.1, -0.05) is 88.3 Å². The summed E-state index contributed by atoms with van der Waals surface area (Å²) < 4.78 is 68.4. The molecule has 5 aromatic carbocycles. The average molecular weight is 1240 g/mol. The van der Waals surface area contributed by atoms with Gasteiger partial charge < -0.3 is 33.2 Å². The van der Waals surface area contributed by atoms with Crippen molar-refractivity contribution in [2.24, 2.45) is 7.05 Å². The molecule has 8 aromatic rings. The zero-order valence-corrected chi connectivity index (χ0v) is 48.7. The number of alkyl halides is 2. The van der Waals surface area contributed by atoms with Crippen LogP contribution in [0.1, 0.15) is 58.6 Å². The third kappa shape index (κ3) is 16.4. The highest BCUT2D eigenvalue weighted by Gasteiger charge is 2.44. The van der Waals surface area contributed by atoms with Crippen LogP contribution in [0.2, 0.25) is 25.1 Å². The normalized spacial score (nSPS) is 15.0. The van der Waals surface area contributed by atoms with E-state index in [0.717, 1.165) is 9.75 Å². The van der Waals surface area contributed by atoms with Crippen LogP contribution in [-0.4, -0.2) is 91.5 Å². The first-order valence-electron chi connectivity index (χ1n) is 24.6. The molecule has 9 rings (SSSR count). The second kappa shape index (κ2) is 29.4. The lowest BCUT2D eigenvalue weighted by atomic mass is 10.1. The van der Waals surface area contributed by atoms with E-state index in [0.29, 0.717) is 83.5 Å². The van der Waals surface area contributed by atoms with Crippen LogP contribution in [0.25, 0.3) is 5.57 Å². The van der Waals surface area contributed by atoms with Crippen molar-refractivity contribution in [3.63, 3.8) is 0 Å². The zero-order valence-electron chi connectivity index (χ0n) is 44.9. The van der Waals surface area contributed by atoms with Gasteiger partial charge >= 0.3 is 5.97 Å². The Labute approximate surface area is 500 Å². The van der Waals surface area contributed by atoms with E-state index in [1.807, 2.05) is 19.1 Å². The lowest BCUT2D eigenvalue weighted by Gasteiger charge is -2.29. The van der Waals surface area contributed by atoms with Crippen molar-refractivity contribution in [2.75, 3.05) is 27.9 Å². The summed E-state index contributed by atoms with van der Waals surface area (Å²) in [5.41, 5.74) is 1.47. The molecule has 3 unspecified atom stereocenters. The third-order valence-electron chi connectivity index (χ3n) is 11.7. The molecule has 0 bridgehead atoms. The van der Waals surface area contributed by atoms with E-state index in [1.54, 1.807) is 96.8 Å². The summed E-state index contributed by atoms with van der Waals surface area (Å²) in [6.07, 6.45) is 4.15. The fourth-order valence-corrected chi connectivity index (χ4v) is 9.49. The van der Waals surface area contributed by atoms with Crippen LogP contribution in [0.5, 0.6) is 34.8 Å². The van der Waals surface area contributed by atoms with Gasteiger partial charge in [-0.05, 0) is 98.6 Å². The van der Waals surface area contributed by atoms with Gasteiger partial charge in [-0.15, -0.1) is 0 Å². The number of esters is 1. The number of halogens is 7. The number of benzene rings is 5. The van der Waals surface area contributed by atoms with E-state index >= 15 is 0 Å². The van der Waals surface area contributed by atoms with Crippen LogP contribution in [0.4, 0.5) is 8.78 Å². The summed E-state index contributed by atoms with van der Waals surface area (Å²) in [5.74, 6) is 0.0368. The Balaban J connectivity index is 0.000000179. The van der Waals surface area contributed by atoms with Crippen LogP contribution in [0.3, 0.4) is 0 Å². The smallest absolute Gasteiger partial charge is 0.341 e. The Morgan fingerprint density at radius 2 is 1.49 bits per heavy atom. The number of carbonyl (C=O) groups is 2. The van der Waals surface area contributed by atoms with Crippen molar-refractivity contribution in [1.29, 1.82) is 5.26 Å². The predicted octanol–water partition coefficient (Wildman–Crippen LogP) is 13.7. The number of nitriles is 1. The molecule has 83 heavy (non-hydrogen) atoms. The average Bonchev–Trinajstić information content (AvgIpc) is 3.84. The van der Waals surface area contributed by atoms with Crippen LogP contribution >= 0.6 is 58.0 Å². The molecule has 4 heterocycles. The van der Waals surface area contributed by atoms with Crippen molar-refractivity contribution in [2.45, 2.75) is 51.2 Å². The number of rotatable bonds is 18. The topological polar surface area (TPSA) is 209 Å². The third-order valence-corrected chi connectivity index (χ3v) is 13.2. The van der Waals surface area contributed by atoms with Gasteiger partial charge in [0.05, 0.1) is 68.6 Å². The number of aromatic nitrogens is 7. The van der Waals surface area contributed by atoms with Crippen molar-refractivity contribution in [3.05, 3.63) is 199 Å². The molecule has 1 saturated heterocycles. The molecule has 1 aliphatic heterocycles. The molecule has 0 radical (unpaired) electrons. The molecule has 0 spiro atoms. The minimum absolute atomic E-state index is 0.0606. The number of para-hydroxylation sites is 2. The number of hydrogen-bond acceptors (Lipinski definition) is 16. The second-order valence-corrected chi connectivity index (χ2v) is 19.8. The number of hydroxylamine groups is 2. The maximum absolute atomic E-state index is 13.1. The van der Waals surface area contributed by atoms with Crippen molar-refractivity contribution in [3.8, 4) is 40.8 Å². The first-order chi connectivity index (χ1) is 39.8. The largest absolute Gasteiger partial charge is 0.503 e. The van der Waals surface area contributed by atoms with E-state index in [9.17, 15) is 23.6 Å². The minimum atomic E-state index is -2.88. The summed E-state index contributed by atoms with van der Waals surface area (Å²) in [7, 11) is 5.44. The lowest BCUT2D eigenvalue weighted by Crippen LogP contribution is -2.39. The van der Waals surface area contributed by atoms with Gasteiger partial charge in [0, 0.05) is 44.5 Å². The molecule has 1 aliphatic rings. The predicted molar refractivity (Wildman–Crippen MR) is 304 cm³/mol. The molecule has 1 amide bonds. The summed E-state index contributed by atoms with van der Waals surface area (Å²) in [4.78, 5) is 42.1. The second-order valence-electron chi connectivity index (χ2n) is 17.7. The maximum atomic E-state index is 13.1. The molecule has 1 fully saturated rings. The molecule has 19 nitrogen and oxygen atoms in total. The lowest BCUT2D eigenvalue weighted by molar-refractivity contribution is -0.186. The Hall–Kier alpha value is -7.91. The van der Waals surface area contributed by atoms with Gasteiger partial charge in [-0.3, -0.25) is 14.3 Å². The number of methoxy groups -OCH3 is 2.